The van der Waals surface area contributed by atoms with Gasteiger partial charge in [0.1, 0.15) is 11.6 Å². The van der Waals surface area contributed by atoms with Gasteiger partial charge in [-0.05, 0) is 42.5 Å². The van der Waals surface area contributed by atoms with E-state index in [0.717, 1.165) is 11.3 Å². The number of piperidine rings is 1. The van der Waals surface area contributed by atoms with E-state index in [2.05, 4.69) is 0 Å². The van der Waals surface area contributed by atoms with Gasteiger partial charge in [0.2, 0.25) is 5.79 Å². The second-order valence-corrected chi connectivity index (χ2v) is 6.79. The maximum absolute atomic E-state index is 13.0. The van der Waals surface area contributed by atoms with Gasteiger partial charge in [0.05, 0.1) is 6.61 Å². The lowest BCUT2D eigenvalue weighted by Crippen LogP contribution is -2.52. The highest BCUT2D eigenvalue weighted by Crippen LogP contribution is 2.38. The number of likely N-dealkylation sites (tertiary alicyclic amines) is 1. The van der Waals surface area contributed by atoms with Gasteiger partial charge in [-0.2, -0.15) is 0 Å². The van der Waals surface area contributed by atoms with Crippen molar-refractivity contribution in [3.05, 3.63) is 64.4 Å². The summed E-state index contributed by atoms with van der Waals surface area (Å²) in [7, 11) is 0. The van der Waals surface area contributed by atoms with E-state index in [1.54, 1.807) is 11.0 Å². The molecule has 0 N–H and O–H groups in total. The van der Waals surface area contributed by atoms with Gasteiger partial charge < -0.3 is 14.4 Å². The van der Waals surface area contributed by atoms with E-state index in [9.17, 15) is 9.18 Å². The van der Waals surface area contributed by atoms with E-state index >= 15 is 0 Å². The van der Waals surface area contributed by atoms with Crippen LogP contribution >= 0.6 is 11.6 Å². The molecule has 6 heteroatoms. The monoisotopic (exact) mass is 361 g/mol. The Kier molecular flexibility index (Phi) is 4.13. The summed E-state index contributed by atoms with van der Waals surface area (Å²) in [5, 5.41) is 0.654. The average molecular weight is 362 g/mol. The van der Waals surface area contributed by atoms with E-state index in [0.29, 0.717) is 43.1 Å². The number of ether oxygens (including phenoxy) is 2. The number of amides is 1. The first-order chi connectivity index (χ1) is 12.0. The van der Waals surface area contributed by atoms with Crippen molar-refractivity contribution in [3.63, 3.8) is 0 Å². The number of hydrogen-bond donors (Lipinski definition) is 0. The van der Waals surface area contributed by atoms with Crippen molar-refractivity contribution in [2.45, 2.75) is 25.2 Å². The van der Waals surface area contributed by atoms with Crippen molar-refractivity contribution >= 4 is 17.5 Å². The van der Waals surface area contributed by atoms with Gasteiger partial charge >= 0.3 is 0 Å². The molecule has 4 nitrogen and oxygen atoms in total. The van der Waals surface area contributed by atoms with E-state index in [1.807, 2.05) is 12.1 Å². The maximum atomic E-state index is 13.0. The summed E-state index contributed by atoms with van der Waals surface area (Å²) >= 11 is 6.00. The van der Waals surface area contributed by atoms with Crippen molar-refractivity contribution in [1.82, 2.24) is 4.90 Å². The van der Waals surface area contributed by atoms with Crippen LogP contribution in [0.5, 0.6) is 5.75 Å². The Hall–Kier alpha value is -2.11. The summed E-state index contributed by atoms with van der Waals surface area (Å²) in [5.41, 5.74) is 1.42. The molecule has 0 bridgehead atoms. The molecule has 2 aliphatic heterocycles. The van der Waals surface area contributed by atoms with E-state index in [-0.39, 0.29) is 11.7 Å². The van der Waals surface area contributed by atoms with Gasteiger partial charge in [-0.1, -0.05) is 11.6 Å². The molecule has 0 saturated carbocycles. The predicted molar refractivity (Wildman–Crippen MR) is 91.1 cm³/mol. The van der Waals surface area contributed by atoms with E-state index < -0.39 is 5.79 Å². The first-order valence-corrected chi connectivity index (χ1v) is 8.59. The summed E-state index contributed by atoms with van der Waals surface area (Å²) < 4.78 is 25.1. The first-order valence-electron chi connectivity index (χ1n) is 8.21. The summed E-state index contributed by atoms with van der Waals surface area (Å²) in [6.07, 6.45) is 1.17. The molecule has 4 rings (SSSR count). The molecule has 2 aromatic carbocycles. The molecule has 2 aromatic rings. The lowest BCUT2D eigenvalue weighted by Gasteiger charge is -2.44. The summed E-state index contributed by atoms with van der Waals surface area (Å²) in [6.45, 7) is 1.50. The van der Waals surface area contributed by atoms with Crippen LogP contribution in [0.1, 0.15) is 28.8 Å². The van der Waals surface area contributed by atoms with Crippen LogP contribution in [0.3, 0.4) is 0 Å². The maximum Gasteiger partial charge on any atom is 0.253 e. The van der Waals surface area contributed by atoms with Crippen LogP contribution in [0.15, 0.2) is 42.5 Å². The van der Waals surface area contributed by atoms with Crippen LogP contribution in [-0.2, 0) is 11.3 Å². The van der Waals surface area contributed by atoms with Crippen molar-refractivity contribution in [2.75, 3.05) is 13.1 Å². The third-order valence-electron chi connectivity index (χ3n) is 4.71. The van der Waals surface area contributed by atoms with Crippen LogP contribution in [0.25, 0.3) is 0 Å². The van der Waals surface area contributed by atoms with Crippen LogP contribution in [0.4, 0.5) is 4.39 Å². The van der Waals surface area contributed by atoms with Crippen molar-refractivity contribution in [3.8, 4) is 5.75 Å². The number of hydrogen-bond acceptors (Lipinski definition) is 3. The van der Waals surface area contributed by atoms with E-state index in [1.165, 1.54) is 24.3 Å². The second-order valence-electron chi connectivity index (χ2n) is 6.35. The summed E-state index contributed by atoms with van der Waals surface area (Å²) in [4.78, 5) is 14.3. The number of fused-ring (bicyclic) bond motifs is 1. The molecule has 0 aromatic heterocycles. The van der Waals surface area contributed by atoms with Crippen molar-refractivity contribution < 1.29 is 18.7 Å². The molecule has 1 amide bonds. The SMILES string of the molecule is O=C(c1ccc(F)cc1)N1CCC2(CC1)OCc1cc(Cl)ccc1O2. The van der Waals surface area contributed by atoms with Gasteiger partial charge in [0, 0.05) is 42.1 Å². The summed E-state index contributed by atoms with van der Waals surface area (Å²) in [6, 6.07) is 11.1. The Bertz CT molecular complexity index is 801. The van der Waals surface area contributed by atoms with Crippen LogP contribution in [0, 0.1) is 5.82 Å². The Morgan fingerprint density at radius 2 is 1.84 bits per heavy atom. The molecule has 0 aliphatic carbocycles. The molecule has 1 fully saturated rings. The topological polar surface area (TPSA) is 38.8 Å². The van der Waals surface area contributed by atoms with E-state index in [4.69, 9.17) is 21.1 Å². The number of carbonyl (C=O) groups is 1. The van der Waals surface area contributed by atoms with Gasteiger partial charge in [-0.25, -0.2) is 4.39 Å². The molecule has 0 unspecified atom stereocenters. The van der Waals surface area contributed by atoms with Crippen molar-refractivity contribution in [2.24, 2.45) is 0 Å². The third kappa shape index (κ3) is 3.22. The van der Waals surface area contributed by atoms with Crippen LogP contribution < -0.4 is 4.74 Å². The molecule has 0 radical (unpaired) electrons. The first kappa shape index (κ1) is 16.4. The van der Waals surface area contributed by atoms with Gasteiger partial charge in [-0.15, -0.1) is 0 Å². The largest absolute Gasteiger partial charge is 0.462 e. The smallest absolute Gasteiger partial charge is 0.253 e. The number of nitrogens with zero attached hydrogens (tertiary/aromatic N) is 1. The molecular formula is C19H17ClFNO3. The number of rotatable bonds is 1. The van der Waals surface area contributed by atoms with Gasteiger partial charge in [0.15, 0.2) is 0 Å². The lowest BCUT2D eigenvalue weighted by molar-refractivity contribution is -0.225. The number of benzene rings is 2. The number of halogens is 2. The Balaban J connectivity index is 1.44. The minimum Gasteiger partial charge on any atom is -0.462 e. The Morgan fingerprint density at radius 3 is 2.56 bits per heavy atom. The van der Waals surface area contributed by atoms with Gasteiger partial charge in [0.25, 0.3) is 5.91 Å². The normalized spacial score (nSPS) is 18.6. The average Bonchev–Trinajstić information content (AvgIpc) is 2.63. The third-order valence-corrected chi connectivity index (χ3v) is 4.95. The highest BCUT2D eigenvalue weighted by atomic mass is 35.5. The quantitative estimate of drug-likeness (QED) is 0.770. The standard InChI is InChI=1S/C19H17ClFNO3/c20-15-3-6-17-14(11-15)12-24-19(25-17)7-9-22(10-8-19)18(23)13-1-4-16(21)5-2-13/h1-6,11H,7-10,12H2. The van der Waals surface area contributed by atoms with Gasteiger partial charge in [-0.3, -0.25) is 4.79 Å². The molecule has 2 heterocycles. The predicted octanol–water partition coefficient (Wildman–Crippen LogP) is 4.02. The summed E-state index contributed by atoms with van der Waals surface area (Å²) in [5.74, 6) is -0.357. The molecule has 1 saturated heterocycles. The zero-order valence-corrected chi connectivity index (χ0v) is 14.3. The highest BCUT2D eigenvalue weighted by molar-refractivity contribution is 6.30. The molecule has 0 atom stereocenters. The fraction of sp³-hybridized carbons (Fsp3) is 0.316. The number of carbonyl (C=O) groups excluding carboxylic acids is 1. The van der Waals surface area contributed by atoms with Crippen LogP contribution in [0.2, 0.25) is 5.02 Å². The minimum absolute atomic E-state index is 0.0992. The van der Waals surface area contributed by atoms with Crippen molar-refractivity contribution in [1.29, 1.82) is 0 Å². The molecule has 130 valence electrons. The minimum atomic E-state index is -0.694. The fourth-order valence-electron chi connectivity index (χ4n) is 3.27. The zero-order chi connectivity index (χ0) is 17.4. The Labute approximate surface area is 150 Å². The van der Waals surface area contributed by atoms with Crippen LogP contribution in [-0.4, -0.2) is 29.7 Å². The molecule has 25 heavy (non-hydrogen) atoms. The molecular weight excluding hydrogens is 345 g/mol. The zero-order valence-electron chi connectivity index (χ0n) is 13.5. The fourth-order valence-corrected chi connectivity index (χ4v) is 3.47. The lowest BCUT2D eigenvalue weighted by atomic mass is 10.0. The highest BCUT2D eigenvalue weighted by Gasteiger charge is 2.42. The second kappa shape index (κ2) is 6.32. The molecule has 1 spiro atoms. The Morgan fingerprint density at radius 1 is 1.12 bits per heavy atom. The molecule has 2 aliphatic rings.